The molecule has 6 heteroatoms. The van der Waals surface area contributed by atoms with Gasteiger partial charge in [-0.15, -0.1) is 11.8 Å². The van der Waals surface area contributed by atoms with Gasteiger partial charge in [0.15, 0.2) is 0 Å². The Bertz CT molecular complexity index is 521. The maximum Gasteiger partial charge on any atom is 0.362 e. The first-order valence-corrected chi connectivity index (χ1v) is 9.29. The van der Waals surface area contributed by atoms with E-state index in [9.17, 15) is 9.35 Å². The minimum Gasteiger partial charge on any atom is -0.591 e. The third-order valence-electron chi connectivity index (χ3n) is 2.61. The molecule has 22 heavy (non-hydrogen) atoms. The van der Waals surface area contributed by atoms with Gasteiger partial charge < -0.3 is 9.29 Å². The molecule has 0 amide bonds. The third-order valence-corrected chi connectivity index (χ3v) is 4.90. The number of carbonyl (C=O) groups is 1. The number of benzene rings is 1. The zero-order valence-electron chi connectivity index (χ0n) is 13.7. The quantitative estimate of drug-likeness (QED) is 0.343. The van der Waals surface area contributed by atoms with E-state index in [1.54, 1.807) is 18.7 Å². The number of ether oxygens (including phenoxy) is 1. The Hall–Kier alpha value is -0.980. The fourth-order valence-electron chi connectivity index (χ4n) is 1.50. The molecular weight excluding hydrogens is 318 g/mol. The topological polar surface area (TPSA) is 61.7 Å². The molecule has 122 valence electrons. The Balaban J connectivity index is 3.15. The van der Waals surface area contributed by atoms with E-state index in [0.717, 1.165) is 10.6 Å². The summed E-state index contributed by atoms with van der Waals surface area (Å²) in [6.07, 6.45) is 0. The second-order valence-electron chi connectivity index (χ2n) is 5.48. The van der Waals surface area contributed by atoms with E-state index in [1.807, 2.05) is 45.0 Å². The van der Waals surface area contributed by atoms with Crippen LogP contribution in [0.2, 0.25) is 0 Å². The van der Waals surface area contributed by atoms with E-state index in [0.29, 0.717) is 5.56 Å². The van der Waals surface area contributed by atoms with Crippen LogP contribution in [0.25, 0.3) is 0 Å². The average Bonchev–Trinajstić information content (AvgIpc) is 2.45. The number of hydrogen-bond donors (Lipinski definition) is 0. The highest BCUT2D eigenvalue weighted by Gasteiger charge is 2.29. The van der Waals surface area contributed by atoms with Crippen molar-refractivity contribution in [3.05, 3.63) is 29.8 Å². The Morgan fingerprint density at radius 3 is 2.32 bits per heavy atom. The highest BCUT2D eigenvalue weighted by atomic mass is 32.2. The van der Waals surface area contributed by atoms with Gasteiger partial charge in [-0.05, 0) is 45.6 Å². The highest BCUT2D eigenvalue weighted by Crippen LogP contribution is 2.21. The molecule has 0 aromatic heterocycles. The van der Waals surface area contributed by atoms with E-state index >= 15 is 0 Å². The van der Waals surface area contributed by atoms with Crippen molar-refractivity contribution < 1.29 is 14.1 Å². The Morgan fingerprint density at radius 1 is 1.27 bits per heavy atom. The van der Waals surface area contributed by atoms with Crippen molar-refractivity contribution in [1.29, 1.82) is 0 Å². The molecule has 0 saturated heterocycles. The van der Waals surface area contributed by atoms with Crippen molar-refractivity contribution in [3.63, 3.8) is 0 Å². The second-order valence-corrected chi connectivity index (χ2v) is 8.72. The summed E-state index contributed by atoms with van der Waals surface area (Å²) in [7, 11) is 0. The van der Waals surface area contributed by atoms with Gasteiger partial charge in [0.25, 0.3) is 0 Å². The lowest BCUT2D eigenvalue weighted by molar-refractivity contribution is -0.134. The van der Waals surface area contributed by atoms with Crippen LogP contribution < -0.4 is 0 Å². The van der Waals surface area contributed by atoms with Gasteiger partial charge >= 0.3 is 5.97 Å². The molecular formula is C16H23NO3S2. The predicted octanol–water partition coefficient (Wildman–Crippen LogP) is 3.61. The van der Waals surface area contributed by atoms with Crippen LogP contribution in [0, 0.1) is 0 Å². The molecule has 0 N–H and O–H groups in total. The normalized spacial score (nSPS) is 13.8. The monoisotopic (exact) mass is 341 g/mol. The van der Waals surface area contributed by atoms with Crippen LogP contribution in [0.15, 0.2) is 33.6 Å². The Labute approximate surface area is 140 Å². The Morgan fingerprint density at radius 2 is 1.86 bits per heavy atom. The average molecular weight is 341 g/mol. The number of thioether (sulfide) groups is 1. The van der Waals surface area contributed by atoms with Crippen LogP contribution in [0.3, 0.4) is 0 Å². The summed E-state index contributed by atoms with van der Waals surface area (Å²) >= 11 is 0.198. The first-order valence-electron chi connectivity index (χ1n) is 7.20. The van der Waals surface area contributed by atoms with Gasteiger partial charge in [0.2, 0.25) is 5.71 Å². The lowest BCUT2D eigenvalue weighted by Crippen LogP contribution is -2.29. The van der Waals surface area contributed by atoms with Crippen molar-refractivity contribution in [3.8, 4) is 0 Å². The number of esters is 1. The summed E-state index contributed by atoms with van der Waals surface area (Å²) in [5.41, 5.74) is 0.736. The summed E-state index contributed by atoms with van der Waals surface area (Å²) in [4.78, 5) is 13.2. The molecule has 0 spiro atoms. The maximum absolute atomic E-state index is 12.2. The predicted molar refractivity (Wildman–Crippen MR) is 93.9 cm³/mol. The third kappa shape index (κ3) is 5.66. The zero-order valence-corrected chi connectivity index (χ0v) is 15.3. The van der Waals surface area contributed by atoms with Crippen LogP contribution >= 0.6 is 11.8 Å². The van der Waals surface area contributed by atoms with Crippen molar-refractivity contribution >= 4 is 34.8 Å². The van der Waals surface area contributed by atoms with E-state index in [2.05, 4.69) is 11.3 Å². The van der Waals surface area contributed by atoms with Crippen LogP contribution in [-0.2, 0) is 20.9 Å². The van der Waals surface area contributed by atoms with Crippen molar-refractivity contribution in [2.45, 2.75) is 44.3 Å². The molecule has 1 rings (SSSR count). The molecule has 0 aliphatic carbocycles. The second kappa shape index (κ2) is 8.60. The molecule has 0 bridgehead atoms. The minimum absolute atomic E-state index is 0.114. The number of hydrogen-bond acceptors (Lipinski definition) is 5. The molecule has 0 heterocycles. The molecule has 4 nitrogen and oxygen atoms in total. The van der Waals surface area contributed by atoms with E-state index in [-0.39, 0.29) is 12.3 Å². The fraction of sp³-hybridized carbons (Fsp3) is 0.500. The van der Waals surface area contributed by atoms with E-state index in [4.69, 9.17) is 4.74 Å². The summed E-state index contributed by atoms with van der Waals surface area (Å²) in [5.74, 6) is 0.433. The molecule has 1 atom stereocenters. The summed E-state index contributed by atoms with van der Waals surface area (Å²) < 4.78 is 20.9. The SMILES string of the molecule is CCOC(=O)C(=N[S@+]([O-])C(C)(C)C)c1ccc(SCC)cc1. The molecule has 1 aromatic carbocycles. The fourth-order valence-corrected chi connectivity index (χ4v) is 2.78. The largest absolute Gasteiger partial charge is 0.591 e. The molecule has 0 saturated carbocycles. The van der Waals surface area contributed by atoms with Gasteiger partial charge in [0.1, 0.15) is 16.1 Å². The van der Waals surface area contributed by atoms with Crippen molar-refractivity contribution in [2.24, 2.45) is 4.40 Å². The standard InChI is InChI=1S/C16H23NO3S2/c1-6-20-15(18)14(17-22(19)16(3,4)5)12-8-10-13(11-9-12)21-7-2/h8-11H,6-7H2,1-5H3/t22-/m1/s1. The molecule has 0 radical (unpaired) electrons. The molecule has 0 fully saturated rings. The Kier molecular flexibility index (Phi) is 7.45. The van der Waals surface area contributed by atoms with Crippen LogP contribution in [-0.4, -0.2) is 33.3 Å². The first kappa shape index (κ1) is 19.1. The van der Waals surface area contributed by atoms with Crippen molar-refractivity contribution in [1.82, 2.24) is 0 Å². The molecule has 0 aliphatic rings. The lowest BCUT2D eigenvalue weighted by Gasteiger charge is -2.19. The molecule has 0 unspecified atom stereocenters. The first-order chi connectivity index (χ1) is 10.3. The van der Waals surface area contributed by atoms with Crippen LogP contribution in [0.4, 0.5) is 0 Å². The number of rotatable bonds is 6. The van der Waals surface area contributed by atoms with Crippen LogP contribution in [0.5, 0.6) is 0 Å². The highest BCUT2D eigenvalue weighted by molar-refractivity contribution is 7.99. The summed E-state index contributed by atoms with van der Waals surface area (Å²) in [5, 5.41) is 0. The zero-order chi connectivity index (χ0) is 16.8. The van der Waals surface area contributed by atoms with Gasteiger partial charge in [-0.3, -0.25) is 0 Å². The lowest BCUT2D eigenvalue weighted by atomic mass is 10.1. The summed E-state index contributed by atoms with van der Waals surface area (Å²) in [6.45, 7) is 9.51. The van der Waals surface area contributed by atoms with Gasteiger partial charge in [-0.2, -0.15) is 0 Å². The number of nitrogens with zero attached hydrogens (tertiary/aromatic N) is 1. The molecule has 1 aromatic rings. The van der Waals surface area contributed by atoms with Crippen molar-refractivity contribution in [2.75, 3.05) is 12.4 Å². The summed E-state index contributed by atoms with van der Waals surface area (Å²) in [6, 6.07) is 7.48. The maximum atomic E-state index is 12.2. The minimum atomic E-state index is -1.52. The van der Waals surface area contributed by atoms with Crippen LogP contribution in [0.1, 0.15) is 40.2 Å². The van der Waals surface area contributed by atoms with E-state index in [1.165, 1.54) is 0 Å². The number of carbonyl (C=O) groups excluding carboxylic acids is 1. The van der Waals surface area contributed by atoms with Gasteiger partial charge in [-0.25, -0.2) is 4.79 Å². The van der Waals surface area contributed by atoms with Gasteiger partial charge in [0.05, 0.1) is 6.61 Å². The van der Waals surface area contributed by atoms with Gasteiger partial charge in [0, 0.05) is 10.5 Å². The molecule has 0 aliphatic heterocycles. The smallest absolute Gasteiger partial charge is 0.362 e. The van der Waals surface area contributed by atoms with E-state index < -0.39 is 22.1 Å². The van der Waals surface area contributed by atoms with Gasteiger partial charge in [-0.1, -0.05) is 23.5 Å².